The minimum Gasteiger partial charge on any atom is -0.379 e. The van der Waals surface area contributed by atoms with Crippen LogP contribution in [0.3, 0.4) is 0 Å². The summed E-state index contributed by atoms with van der Waals surface area (Å²) in [5.74, 6) is 0.941. The summed E-state index contributed by atoms with van der Waals surface area (Å²) in [6, 6.07) is 0. The summed E-state index contributed by atoms with van der Waals surface area (Å²) >= 11 is 1.86. The Hall–Kier alpha value is 0.270. The van der Waals surface area contributed by atoms with Crippen LogP contribution >= 0.6 is 35.7 Å². The number of guanidine groups is 1. The molecule has 0 saturated carbocycles. The fourth-order valence-electron chi connectivity index (χ4n) is 2.17. The Morgan fingerprint density at radius 3 is 2.52 bits per heavy atom. The third-order valence-corrected chi connectivity index (χ3v) is 5.05. The number of hydrogen-bond acceptors (Lipinski definition) is 4. The highest BCUT2D eigenvalue weighted by Gasteiger charge is 2.15. The van der Waals surface area contributed by atoms with Gasteiger partial charge in [0.15, 0.2) is 5.96 Å². The molecular formula is C16H35IN4OS. The molecule has 1 rings (SSSR count). The molecule has 5 nitrogen and oxygen atoms in total. The highest BCUT2D eigenvalue weighted by Crippen LogP contribution is 2.20. The maximum atomic E-state index is 5.37. The Bertz CT molecular complexity index is 323. The molecule has 1 fully saturated rings. The standard InChI is InChI=1S/C16H34N4OS.HI/c1-5-17-15(19-14-16(2,3)22-4)18-8-6-7-9-20-10-12-21-13-11-20;/h5-14H2,1-4H3,(H2,17,18,19);1H. The summed E-state index contributed by atoms with van der Waals surface area (Å²) in [7, 11) is 0. The third kappa shape index (κ3) is 11.4. The minimum absolute atomic E-state index is 0. The molecule has 0 unspecified atom stereocenters. The molecule has 0 aliphatic carbocycles. The zero-order valence-electron chi connectivity index (χ0n) is 15.2. The third-order valence-electron chi connectivity index (χ3n) is 3.81. The van der Waals surface area contributed by atoms with E-state index < -0.39 is 0 Å². The molecule has 0 aromatic carbocycles. The lowest BCUT2D eigenvalue weighted by Crippen LogP contribution is -2.39. The second kappa shape index (κ2) is 13.5. The van der Waals surface area contributed by atoms with Gasteiger partial charge in [-0.15, -0.1) is 24.0 Å². The van der Waals surface area contributed by atoms with E-state index in [1.807, 2.05) is 11.8 Å². The van der Waals surface area contributed by atoms with Gasteiger partial charge in [-0.05, 0) is 46.4 Å². The van der Waals surface area contributed by atoms with Crippen LogP contribution in [0.5, 0.6) is 0 Å². The van der Waals surface area contributed by atoms with Crippen LogP contribution in [0.4, 0.5) is 0 Å². The average Bonchev–Trinajstić information content (AvgIpc) is 2.53. The van der Waals surface area contributed by atoms with Crippen molar-refractivity contribution in [3.63, 3.8) is 0 Å². The van der Waals surface area contributed by atoms with E-state index in [1.165, 1.54) is 19.4 Å². The molecule has 138 valence electrons. The van der Waals surface area contributed by atoms with Crippen LogP contribution in [-0.2, 0) is 4.74 Å². The summed E-state index contributed by atoms with van der Waals surface area (Å²) in [4.78, 5) is 7.18. The average molecular weight is 458 g/mol. The van der Waals surface area contributed by atoms with Gasteiger partial charge in [0.05, 0.1) is 19.8 Å². The quantitative estimate of drug-likeness (QED) is 0.241. The molecule has 0 aromatic heterocycles. The van der Waals surface area contributed by atoms with Crippen molar-refractivity contribution in [1.29, 1.82) is 0 Å². The molecule has 0 atom stereocenters. The molecule has 0 radical (unpaired) electrons. The number of ether oxygens (including phenoxy) is 1. The summed E-state index contributed by atoms with van der Waals surface area (Å²) in [6.45, 7) is 14.4. The highest BCUT2D eigenvalue weighted by atomic mass is 127. The van der Waals surface area contributed by atoms with Gasteiger partial charge in [-0.25, -0.2) is 0 Å². The van der Waals surface area contributed by atoms with E-state index in [0.29, 0.717) is 0 Å². The molecule has 7 heteroatoms. The maximum absolute atomic E-state index is 5.37. The molecule has 0 bridgehead atoms. The van der Waals surface area contributed by atoms with Gasteiger partial charge in [0.2, 0.25) is 0 Å². The Balaban J connectivity index is 0.00000484. The number of rotatable bonds is 9. The Morgan fingerprint density at radius 2 is 1.91 bits per heavy atom. The van der Waals surface area contributed by atoms with Crippen molar-refractivity contribution >= 4 is 41.7 Å². The summed E-state index contributed by atoms with van der Waals surface area (Å²) < 4.78 is 5.56. The van der Waals surface area contributed by atoms with Crippen molar-refractivity contribution in [3.05, 3.63) is 0 Å². The molecule has 2 N–H and O–H groups in total. The smallest absolute Gasteiger partial charge is 0.191 e. The molecule has 1 aliphatic heterocycles. The number of aliphatic imine (C=N–C) groups is 1. The van der Waals surface area contributed by atoms with Gasteiger partial charge in [-0.1, -0.05) is 0 Å². The monoisotopic (exact) mass is 458 g/mol. The summed E-state index contributed by atoms with van der Waals surface area (Å²) in [5, 5.41) is 6.76. The summed E-state index contributed by atoms with van der Waals surface area (Å²) in [5.41, 5.74) is 0. The molecule has 1 heterocycles. The first-order valence-electron chi connectivity index (χ1n) is 8.45. The van der Waals surface area contributed by atoms with Crippen molar-refractivity contribution in [2.75, 3.05) is 58.7 Å². The molecule has 1 aliphatic rings. The van der Waals surface area contributed by atoms with Gasteiger partial charge in [-0.2, -0.15) is 11.8 Å². The highest BCUT2D eigenvalue weighted by molar-refractivity contribution is 14.0. The van der Waals surface area contributed by atoms with Crippen LogP contribution in [0.25, 0.3) is 0 Å². The van der Waals surface area contributed by atoms with Crippen LogP contribution < -0.4 is 10.6 Å². The lowest BCUT2D eigenvalue weighted by atomic mass is 10.2. The molecule has 1 saturated heterocycles. The topological polar surface area (TPSA) is 48.9 Å². The van der Waals surface area contributed by atoms with Gasteiger partial charge in [-0.3, -0.25) is 9.89 Å². The number of nitrogens with one attached hydrogen (secondary N) is 2. The SMILES string of the molecule is CCNC(=NCC(C)(C)SC)NCCCCN1CCOCC1.I. The fourth-order valence-corrected chi connectivity index (χ4v) is 2.36. The van der Waals surface area contributed by atoms with Crippen LogP contribution in [0.15, 0.2) is 4.99 Å². The Labute approximate surface area is 163 Å². The first-order chi connectivity index (χ1) is 10.6. The first-order valence-corrected chi connectivity index (χ1v) is 9.67. The molecule has 0 spiro atoms. The van der Waals surface area contributed by atoms with E-state index in [2.05, 4.69) is 42.6 Å². The molecule has 0 amide bonds. The van der Waals surface area contributed by atoms with Gasteiger partial charge in [0.1, 0.15) is 0 Å². The number of nitrogens with zero attached hydrogens (tertiary/aromatic N) is 2. The first kappa shape index (κ1) is 23.3. The predicted octanol–water partition coefficient (Wildman–Crippen LogP) is 2.41. The fraction of sp³-hybridized carbons (Fsp3) is 0.938. The van der Waals surface area contributed by atoms with E-state index in [1.54, 1.807) is 0 Å². The minimum atomic E-state index is 0. The van der Waals surface area contributed by atoms with E-state index in [0.717, 1.165) is 51.9 Å². The van der Waals surface area contributed by atoms with Crippen LogP contribution in [0.1, 0.15) is 33.6 Å². The molecular weight excluding hydrogens is 423 g/mol. The van der Waals surface area contributed by atoms with Crippen molar-refractivity contribution in [3.8, 4) is 0 Å². The van der Waals surface area contributed by atoms with E-state index in [4.69, 9.17) is 9.73 Å². The Kier molecular flexibility index (Phi) is 13.7. The van der Waals surface area contributed by atoms with Crippen molar-refractivity contribution < 1.29 is 4.74 Å². The van der Waals surface area contributed by atoms with Gasteiger partial charge in [0.25, 0.3) is 0 Å². The largest absolute Gasteiger partial charge is 0.379 e. The number of halogens is 1. The zero-order valence-corrected chi connectivity index (χ0v) is 18.3. The van der Waals surface area contributed by atoms with E-state index in [-0.39, 0.29) is 28.7 Å². The summed E-state index contributed by atoms with van der Waals surface area (Å²) in [6.07, 6.45) is 4.54. The number of hydrogen-bond donors (Lipinski definition) is 2. The molecule has 0 aromatic rings. The number of morpholine rings is 1. The van der Waals surface area contributed by atoms with Crippen molar-refractivity contribution in [2.45, 2.75) is 38.4 Å². The lowest BCUT2D eigenvalue weighted by molar-refractivity contribution is 0.0372. The van der Waals surface area contributed by atoms with Gasteiger partial charge >= 0.3 is 0 Å². The van der Waals surface area contributed by atoms with E-state index >= 15 is 0 Å². The second-order valence-corrected chi connectivity index (χ2v) is 7.76. The normalized spacial score (nSPS) is 16.8. The van der Waals surface area contributed by atoms with Crippen LogP contribution in [-0.4, -0.2) is 74.3 Å². The molecule has 23 heavy (non-hydrogen) atoms. The lowest BCUT2D eigenvalue weighted by Gasteiger charge is -2.26. The predicted molar refractivity (Wildman–Crippen MR) is 113 cm³/mol. The van der Waals surface area contributed by atoms with Crippen molar-refractivity contribution in [2.24, 2.45) is 4.99 Å². The maximum Gasteiger partial charge on any atom is 0.191 e. The van der Waals surface area contributed by atoms with Crippen LogP contribution in [0, 0.1) is 0 Å². The van der Waals surface area contributed by atoms with E-state index in [9.17, 15) is 0 Å². The van der Waals surface area contributed by atoms with Gasteiger partial charge in [0, 0.05) is 30.9 Å². The van der Waals surface area contributed by atoms with Gasteiger partial charge < -0.3 is 15.4 Å². The van der Waals surface area contributed by atoms with Crippen molar-refractivity contribution in [1.82, 2.24) is 15.5 Å². The Morgan fingerprint density at radius 1 is 1.22 bits per heavy atom. The van der Waals surface area contributed by atoms with Crippen LogP contribution in [0.2, 0.25) is 0 Å². The zero-order chi connectivity index (χ0) is 16.3. The number of unbranched alkanes of at least 4 members (excludes halogenated alkanes) is 1. The number of thioether (sulfide) groups is 1. The second-order valence-electron chi connectivity index (χ2n) is 6.25.